The van der Waals surface area contributed by atoms with Gasteiger partial charge in [0.15, 0.2) is 23.2 Å². The first-order valence-electron chi connectivity index (χ1n) is 7.51. The van der Waals surface area contributed by atoms with Gasteiger partial charge in [0.05, 0.1) is 13.0 Å². The number of esters is 1. The molecular weight excluding hydrogens is 362 g/mol. The first-order valence-corrected chi connectivity index (χ1v) is 7.51. The summed E-state index contributed by atoms with van der Waals surface area (Å²) >= 11 is 0. The summed E-state index contributed by atoms with van der Waals surface area (Å²) in [6.07, 6.45) is -0.405. The molecule has 0 aliphatic carbocycles. The predicted octanol–water partition coefficient (Wildman–Crippen LogP) is 1.89. The number of carbonyl (C=O) groups excluding carboxylic acids is 3. The van der Waals surface area contributed by atoms with Crippen LogP contribution in [0.25, 0.3) is 0 Å². The third kappa shape index (κ3) is 6.01. The highest BCUT2D eigenvalue weighted by atomic mass is 19.2. The van der Waals surface area contributed by atoms with Gasteiger partial charge in [-0.3, -0.25) is 14.4 Å². The molecule has 6 nitrogen and oxygen atoms in total. The van der Waals surface area contributed by atoms with Crippen LogP contribution in [-0.2, 0) is 19.1 Å². The lowest BCUT2D eigenvalue weighted by Gasteiger charge is -2.16. The van der Waals surface area contributed by atoms with Crippen LogP contribution in [0.5, 0.6) is 5.75 Å². The van der Waals surface area contributed by atoms with Crippen LogP contribution in [0.2, 0.25) is 0 Å². The van der Waals surface area contributed by atoms with Gasteiger partial charge in [0.2, 0.25) is 18.0 Å². The van der Waals surface area contributed by atoms with Gasteiger partial charge in [0, 0.05) is 6.07 Å². The van der Waals surface area contributed by atoms with Crippen LogP contribution in [0.3, 0.4) is 0 Å². The number of halogens is 4. The Hall–Kier alpha value is -2.65. The standard InChI is InChI=1S/C16H17F4NO5/c1-8(2)5-25-13(24)4-11(21-7-22)12(23)6-26-16-14(19)9(17)3-10(18)15(16)20/h3,7-8,11H,4-6H2,1-2H3,(H,21,22)/t11-/m0/s1. The van der Waals surface area contributed by atoms with E-state index in [0.29, 0.717) is 0 Å². The third-order valence-corrected chi connectivity index (χ3v) is 3.04. The Morgan fingerprint density at radius 1 is 1.15 bits per heavy atom. The molecule has 10 heteroatoms. The minimum Gasteiger partial charge on any atom is -0.479 e. The highest BCUT2D eigenvalue weighted by Gasteiger charge is 2.26. The third-order valence-electron chi connectivity index (χ3n) is 3.04. The normalized spacial score (nSPS) is 11.8. The SMILES string of the molecule is CC(C)COC(=O)C[C@H](NC=O)C(=O)COc1c(F)c(F)cc(F)c1F. The van der Waals surface area contributed by atoms with Crippen molar-refractivity contribution in [1.29, 1.82) is 0 Å². The minimum atomic E-state index is -1.81. The number of benzene rings is 1. The topological polar surface area (TPSA) is 81.7 Å². The Balaban J connectivity index is 2.77. The highest BCUT2D eigenvalue weighted by molar-refractivity contribution is 5.90. The van der Waals surface area contributed by atoms with Gasteiger partial charge in [-0.1, -0.05) is 13.8 Å². The van der Waals surface area contributed by atoms with Crippen molar-refractivity contribution in [3.05, 3.63) is 29.3 Å². The highest BCUT2D eigenvalue weighted by Crippen LogP contribution is 2.26. The Bertz CT molecular complexity index is 655. The molecule has 26 heavy (non-hydrogen) atoms. The zero-order valence-electron chi connectivity index (χ0n) is 14.0. The summed E-state index contributed by atoms with van der Waals surface area (Å²) < 4.78 is 62.5. The molecule has 1 aromatic carbocycles. The van der Waals surface area contributed by atoms with E-state index in [0.717, 1.165) is 0 Å². The maximum Gasteiger partial charge on any atom is 0.308 e. The fourth-order valence-corrected chi connectivity index (χ4v) is 1.75. The predicted molar refractivity (Wildman–Crippen MR) is 80.2 cm³/mol. The molecule has 0 aromatic heterocycles. The lowest BCUT2D eigenvalue weighted by Crippen LogP contribution is -2.41. The van der Waals surface area contributed by atoms with Gasteiger partial charge >= 0.3 is 5.97 Å². The van der Waals surface area contributed by atoms with E-state index in [9.17, 15) is 31.9 Å². The Morgan fingerprint density at radius 3 is 2.23 bits per heavy atom. The summed E-state index contributed by atoms with van der Waals surface area (Å²) in [6.45, 7) is 2.62. The number of ether oxygens (including phenoxy) is 2. The maximum atomic E-state index is 13.5. The van der Waals surface area contributed by atoms with Crippen molar-refractivity contribution in [2.75, 3.05) is 13.2 Å². The molecule has 0 saturated carbocycles. The quantitative estimate of drug-likeness (QED) is 0.291. The average Bonchev–Trinajstić information content (AvgIpc) is 2.57. The number of hydrogen-bond donors (Lipinski definition) is 1. The second-order valence-electron chi connectivity index (χ2n) is 5.67. The molecule has 0 spiro atoms. The summed E-state index contributed by atoms with van der Waals surface area (Å²) in [5.74, 6) is -10.1. The minimum absolute atomic E-state index is 0.0131. The van der Waals surface area contributed by atoms with Crippen molar-refractivity contribution in [2.24, 2.45) is 5.92 Å². The van der Waals surface area contributed by atoms with Gasteiger partial charge < -0.3 is 14.8 Å². The molecule has 1 amide bonds. The van der Waals surface area contributed by atoms with E-state index in [1.807, 2.05) is 5.32 Å². The van der Waals surface area contributed by atoms with E-state index in [-0.39, 0.29) is 25.0 Å². The molecule has 1 rings (SSSR count). The van der Waals surface area contributed by atoms with Crippen LogP contribution in [-0.4, -0.2) is 37.4 Å². The van der Waals surface area contributed by atoms with E-state index in [1.54, 1.807) is 13.8 Å². The number of ketones is 1. The van der Waals surface area contributed by atoms with Crippen molar-refractivity contribution in [2.45, 2.75) is 26.3 Å². The molecule has 1 atom stereocenters. The van der Waals surface area contributed by atoms with E-state index in [2.05, 4.69) is 4.74 Å². The molecule has 0 aliphatic heterocycles. The largest absolute Gasteiger partial charge is 0.479 e. The molecule has 0 radical (unpaired) electrons. The molecule has 0 saturated heterocycles. The molecule has 0 unspecified atom stereocenters. The molecule has 1 aromatic rings. The van der Waals surface area contributed by atoms with Gasteiger partial charge in [0.1, 0.15) is 12.6 Å². The first kappa shape index (κ1) is 21.4. The number of rotatable bonds is 10. The summed E-state index contributed by atoms with van der Waals surface area (Å²) in [5, 5.41) is 2.04. The number of Topliss-reactive ketones (excluding diaryl/α,β-unsaturated/α-hetero) is 1. The van der Waals surface area contributed by atoms with Crippen LogP contribution in [0.15, 0.2) is 6.07 Å². The van der Waals surface area contributed by atoms with Crippen molar-refractivity contribution < 1.29 is 41.4 Å². The Kier molecular flexibility index (Phi) is 8.01. The van der Waals surface area contributed by atoms with E-state index in [4.69, 9.17) is 4.74 Å². The average molecular weight is 379 g/mol. The van der Waals surface area contributed by atoms with Crippen molar-refractivity contribution in [3.63, 3.8) is 0 Å². The zero-order chi connectivity index (χ0) is 19.9. The van der Waals surface area contributed by atoms with E-state index < -0.39 is 59.8 Å². The summed E-state index contributed by atoms with van der Waals surface area (Å²) in [7, 11) is 0. The molecule has 144 valence electrons. The monoisotopic (exact) mass is 379 g/mol. The first-order chi connectivity index (χ1) is 12.2. The summed E-state index contributed by atoms with van der Waals surface area (Å²) in [6, 6.07) is -1.41. The van der Waals surface area contributed by atoms with Gasteiger partial charge in [-0.2, -0.15) is 8.78 Å². The number of hydrogen-bond acceptors (Lipinski definition) is 5. The summed E-state index contributed by atoms with van der Waals surface area (Å²) in [4.78, 5) is 34.2. The van der Waals surface area contributed by atoms with Crippen molar-refractivity contribution in [1.82, 2.24) is 5.32 Å². The zero-order valence-corrected chi connectivity index (χ0v) is 14.0. The molecule has 0 fully saturated rings. The number of amides is 1. The Labute approximate surface area is 146 Å². The van der Waals surface area contributed by atoms with Crippen molar-refractivity contribution in [3.8, 4) is 5.75 Å². The number of nitrogens with one attached hydrogen (secondary N) is 1. The van der Waals surface area contributed by atoms with Crippen LogP contribution < -0.4 is 10.1 Å². The number of carbonyl (C=O) groups is 3. The Morgan fingerprint density at radius 2 is 1.73 bits per heavy atom. The van der Waals surface area contributed by atoms with Crippen LogP contribution >= 0.6 is 0 Å². The molecule has 0 aliphatic rings. The maximum absolute atomic E-state index is 13.5. The van der Waals surface area contributed by atoms with Crippen molar-refractivity contribution >= 4 is 18.2 Å². The van der Waals surface area contributed by atoms with Gasteiger partial charge in [-0.15, -0.1) is 0 Å². The van der Waals surface area contributed by atoms with Crippen LogP contribution in [0, 0.1) is 29.2 Å². The smallest absolute Gasteiger partial charge is 0.308 e. The van der Waals surface area contributed by atoms with E-state index >= 15 is 0 Å². The van der Waals surface area contributed by atoms with E-state index in [1.165, 1.54) is 0 Å². The molecule has 0 bridgehead atoms. The lowest BCUT2D eigenvalue weighted by atomic mass is 10.1. The van der Waals surface area contributed by atoms with Gasteiger partial charge in [0.25, 0.3) is 0 Å². The van der Waals surface area contributed by atoms with Gasteiger partial charge in [-0.25, -0.2) is 8.78 Å². The lowest BCUT2D eigenvalue weighted by molar-refractivity contribution is -0.147. The molecule has 0 heterocycles. The van der Waals surface area contributed by atoms with Crippen LogP contribution in [0.4, 0.5) is 17.6 Å². The summed E-state index contributed by atoms with van der Waals surface area (Å²) in [5.41, 5.74) is 0. The second-order valence-corrected chi connectivity index (χ2v) is 5.67. The molecular formula is C16H17F4NO5. The fraction of sp³-hybridized carbons (Fsp3) is 0.438. The second kappa shape index (κ2) is 9.73. The molecule has 1 N–H and O–H groups in total. The van der Waals surface area contributed by atoms with Crippen LogP contribution in [0.1, 0.15) is 20.3 Å². The van der Waals surface area contributed by atoms with Gasteiger partial charge in [-0.05, 0) is 5.92 Å². The fourth-order valence-electron chi connectivity index (χ4n) is 1.75.